The Balaban J connectivity index is 1.22. The van der Waals surface area contributed by atoms with Crippen molar-refractivity contribution in [3.05, 3.63) is 63.8 Å². The van der Waals surface area contributed by atoms with Gasteiger partial charge in [-0.3, -0.25) is 14.4 Å². The van der Waals surface area contributed by atoms with Gasteiger partial charge in [-0.15, -0.1) is 0 Å². The van der Waals surface area contributed by atoms with Crippen molar-refractivity contribution in [1.82, 2.24) is 19.8 Å². The number of amides is 2. The molecule has 10 nitrogen and oxygen atoms in total. The molecule has 5 rings (SSSR count). The smallest absolute Gasteiger partial charge is 0.291 e. The number of nitrogens with one attached hydrogen (secondary N) is 2. The maximum absolute atomic E-state index is 14.5. The number of Topliss-reactive ketones (excluding diaryl/α,β-unsaturated/α-hetero) is 1. The number of halogens is 3. The lowest BCUT2D eigenvalue weighted by Crippen LogP contribution is -2.52. The van der Waals surface area contributed by atoms with E-state index in [1.165, 1.54) is 30.0 Å². The van der Waals surface area contributed by atoms with E-state index >= 15 is 0 Å². The van der Waals surface area contributed by atoms with Crippen LogP contribution in [0.3, 0.4) is 0 Å². The highest BCUT2D eigenvalue weighted by atomic mass is 35.5. The van der Waals surface area contributed by atoms with Gasteiger partial charge in [0.05, 0.1) is 34.6 Å². The summed E-state index contributed by atoms with van der Waals surface area (Å²) in [5.74, 6) is -1.90. The monoisotopic (exact) mass is 631 g/mol. The van der Waals surface area contributed by atoms with E-state index < -0.39 is 17.3 Å². The molecular formula is C30H32Cl2FN5O5. The van der Waals surface area contributed by atoms with Crippen molar-refractivity contribution >= 4 is 46.5 Å². The van der Waals surface area contributed by atoms with Crippen molar-refractivity contribution in [2.24, 2.45) is 13.0 Å². The first-order chi connectivity index (χ1) is 20.5. The third kappa shape index (κ3) is 6.12. The van der Waals surface area contributed by atoms with E-state index in [4.69, 9.17) is 27.9 Å². The Labute approximate surface area is 258 Å². The molecule has 0 unspecified atom stereocenters. The Kier molecular flexibility index (Phi) is 9.07. The molecule has 2 aliphatic heterocycles. The second-order valence-electron chi connectivity index (χ2n) is 10.8. The van der Waals surface area contributed by atoms with Gasteiger partial charge >= 0.3 is 0 Å². The van der Waals surface area contributed by atoms with Crippen LogP contribution in [0, 0.1) is 11.7 Å². The molecular weight excluding hydrogens is 600 g/mol. The van der Waals surface area contributed by atoms with E-state index in [1.807, 2.05) is 0 Å². The zero-order valence-electron chi connectivity index (χ0n) is 23.8. The Morgan fingerprint density at radius 2 is 1.84 bits per heavy atom. The molecule has 0 saturated carbocycles. The highest BCUT2D eigenvalue weighted by molar-refractivity contribution is 6.34. The lowest BCUT2D eigenvalue weighted by molar-refractivity contribution is -0.145. The van der Waals surface area contributed by atoms with Crippen LogP contribution < -0.4 is 15.4 Å². The minimum atomic E-state index is -1.29. The van der Waals surface area contributed by atoms with Crippen LogP contribution in [0.5, 0.6) is 5.75 Å². The zero-order chi connectivity index (χ0) is 30.9. The number of methoxy groups -OCH3 is 1. The first kappa shape index (κ1) is 30.9. The third-order valence-corrected chi connectivity index (χ3v) is 8.92. The lowest BCUT2D eigenvalue weighted by Gasteiger charge is -2.37. The van der Waals surface area contributed by atoms with Gasteiger partial charge in [-0.1, -0.05) is 23.2 Å². The van der Waals surface area contributed by atoms with Crippen LogP contribution in [0.15, 0.2) is 36.5 Å². The normalized spacial score (nSPS) is 17.0. The van der Waals surface area contributed by atoms with E-state index in [0.717, 1.165) is 0 Å². The van der Waals surface area contributed by atoms with Gasteiger partial charge in [0, 0.05) is 37.3 Å². The topological polar surface area (TPSA) is 126 Å². The van der Waals surface area contributed by atoms with Gasteiger partial charge < -0.3 is 29.9 Å². The maximum Gasteiger partial charge on any atom is 0.291 e. The predicted molar refractivity (Wildman–Crippen MR) is 160 cm³/mol. The number of ether oxygens (including phenoxy) is 1. The van der Waals surface area contributed by atoms with Crippen LogP contribution in [0.1, 0.15) is 46.7 Å². The number of aliphatic hydroxyl groups is 1. The van der Waals surface area contributed by atoms with Gasteiger partial charge in [-0.25, -0.2) is 9.37 Å². The number of likely N-dealkylation sites (tertiary alicyclic amines) is 1. The van der Waals surface area contributed by atoms with Crippen molar-refractivity contribution < 1.29 is 28.6 Å². The Bertz CT molecular complexity index is 1560. The van der Waals surface area contributed by atoms with Crippen LogP contribution in [0.2, 0.25) is 10.0 Å². The summed E-state index contributed by atoms with van der Waals surface area (Å²) in [6.07, 6.45) is 3.18. The lowest BCUT2D eigenvalue weighted by atomic mass is 9.78. The van der Waals surface area contributed by atoms with Crippen molar-refractivity contribution in [1.29, 1.82) is 0 Å². The number of carbonyl (C=O) groups is 3. The largest absolute Gasteiger partial charge is 0.494 e. The average molecular weight is 633 g/mol. The summed E-state index contributed by atoms with van der Waals surface area (Å²) in [5.41, 5.74) is 0.102. The minimum Gasteiger partial charge on any atom is -0.494 e. The number of aromatic nitrogens is 2. The number of hydrogen-bond donors (Lipinski definition) is 3. The number of carbonyl (C=O) groups excluding carboxylic acids is 3. The number of ketones is 1. The van der Waals surface area contributed by atoms with Gasteiger partial charge in [0.25, 0.3) is 11.8 Å². The van der Waals surface area contributed by atoms with Gasteiger partial charge in [-0.2, -0.15) is 0 Å². The second-order valence-corrected chi connectivity index (χ2v) is 11.6. The number of rotatable bonds is 7. The molecule has 13 heteroatoms. The van der Waals surface area contributed by atoms with Crippen LogP contribution in [0.4, 0.5) is 10.1 Å². The van der Waals surface area contributed by atoms with Crippen LogP contribution in [-0.2, 0) is 11.8 Å². The van der Waals surface area contributed by atoms with Crippen molar-refractivity contribution in [3.8, 4) is 17.0 Å². The molecule has 0 bridgehead atoms. The molecule has 0 radical (unpaired) electrons. The van der Waals surface area contributed by atoms with E-state index in [1.54, 1.807) is 30.1 Å². The van der Waals surface area contributed by atoms with E-state index in [2.05, 4.69) is 15.6 Å². The second kappa shape index (κ2) is 12.6. The summed E-state index contributed by atoms with van der Waals surface area (Å²) in [7, 11) is 2.94. The molecule has 1 aromatic heterocycles. The molecule has 0 spiro atoms. The fraction of sp³-hybridized carbons (Fsp3) is 0.400. The summed E-state index contributed by atoms with van der Waals surface area (Å²) in [6, 6.07) is 7.61. The van der Waals surface area contributed by atoms with Gasteiger partial charge in [-0.05, 0) is 69.1 Å². The molecule has 3 N–H and O–H groups in total. The summed E-state index contributed by atoms with van der Waals surface area (Å²) in [6.45, 7) is 1.97. The molecule has 3 heterocycles. The quantitative estimate of drug-likeness (QED) is 0.354. The van der Waals surface area contributed by atoms with Crippen molar-refractivity contribution in [3.63, 3.8) is 0 Å². The summed E-state index contributed by atoms with van der Waals surface area (Å²) in [4.78, 5) is 45.1. The fourth-order valence-corrected chi connectivity index (χ4v) is 6.21. The Morgan fingerprint density at radius 3 is 2.49 bits per heavy atom. The van der Waals surface area contributed by atoms with Crippen molar-refractivity contribution in [2.45, 2.75) is 31.3 Å². The van der Waals surface area contributed by atoms with E-state index in [9.17, 15) is 23.9 Å². The molecule has 3 aromatic rings. The zero-order valence-corrected chi connectivity index (χ0v) is 25.3. The van der Waals surface area contributed by atoms with Crippen molar-refractivity contribution in [2.75, 3.05) is 38.6 Å². The molecule has 2 fully saturated rings. The van der Waals surface area contributed by atoms with Crippen LogP contribution in [-0.4, -0.2) is 76.0 Å². The SMILES string of the molecule is COc1ccc(-c2cnc(C(=O)Nc3ccc(C(=O)N4CCC(C(=O)C5(O)CCNCC5)CC4)c(Cl)c3)n2C)c(Cl)c1F. The number of nitrogens with zero attached hydrogens (tertiary/aromatic N) is 3. The predicted octanol–water partition coefficient (Wildman–Crippen LogP) is 4.33. The molecule has 2 saturated heterocycles. The molecule has 0 aliphatic carbocycles. The molecule has 228 valence electrons. The van der Waals surface area contributed by atoms with Gasteiger partial charge in [0.15, 0.2) is 23.2 Å². The van der Waals surface area contributed by atoms with E-state index in [0.29, 0.717) is 68.8 Å². The summed E-state index contributed by atoms with van der Waals surface area (Å²) in [5, 5.41) is 16.7. The first-order valence-electron chi connectivity index (χ1n) is 14.0. The third-order valence-electron chi connectivity index (χ3n) is 8.23. The van der Waals surface area contributed by atoms with Crippen LogP contribution in [0.25, 0.3) is 11.3 Å². The average Bonchev–Trinajstić information content (AvgIpc) is 3.39. The molecule has 43 heavy (non-hydrogen) atoms. The number of hydrogen-bond acceptors (Lipinski definition) is 7. The number of anilines is 1. The van der Waals surface area contributed by atoms with Gasteiger partial charge in [0.1, 0.15) is 5.60 Å². The van der Waals surface area contributed by atoms with Gasteiger partial charge in [0.2, 0.25) is 0 Å². The highest BCUT2D eigenvalue weighted by Crippen LogP contribution is 2.35. The minimum absolute atomic E-state index is 0.000457. The molecule has 0 atom stereocenters. The molecule has 2 aromatic carbocycles. The number of benzene rings is 2. The Hall–Kier alpha value is -3.51. The fourth-order valence-electron chi connectivity index (χ4n) is 5.69. The summed E-state index contributed by atoms with van der Waals surface area (Å²) >= 11 is 12.7. The number of imidazole rings is 1. The molecule has 2 aliphatic rings. The van der Waals surface area contributed by atoms with Crippen LogP contribution >= 0.6 is 23.2 Å². The molecule has 2 amide bonds. The standard InChI is InChI=1S/C30H32Cl2FN5O5/c1-37-22(20-5-6-23(43-2)25(33)24(20)32)16-35-27(37)28(40)36-18-3-4-19(21(31)15-18)29(41)38-13-7-17(8-14-38)26(39)30(42)9-11-34-12-10-30/h3-6,15-17,34,42H,7-14H2,1-2H3,(H,36,40). The highest BCUT2D eigenvalue weighted by Gasteiger charge is 2.42. The van der Waals surface area contributed by atoms with E-state index in [-0.39, 0.29) is 44.8 Å². The Morgan fingerprint density at radius 1 is 1.14 bits per heavy atom. The number of piperidine rings is 2. The maximum atomic E-state index is 14.5. The summed E-state index contributed by atoms with van der Waals surface area (Å²) < 4.78 is 20.9. The first-order valence-corrected chi connectivity index (χ1v) is 14.7.